The summed E-state index contributed by atoms with van der Waals surface area (Å²) in [5, 5.41) is 5.75. The van der Waals surface area contributed by atoms with Crippen LogP contribution in [0.5, 0.6) is 0 Å². The van der Waals surface area contributed by atoms with E-state index in [0.717, 1.165) is 25.7 Å². The van der Waals surface area contributed by atoms with Gasteiger partial charge >= 0.3 is 0 Å². The molecule has 0 aliphatic carbocycles. The van der Waals surface area contributed by atoms with Crippen molar-refractivity contribution in [1.29, 1.82) is 0 Å². The van der Waals surface area contributed by atoms with Crippen LogP contribution in [0.2, 0.25) is 0 Å². The van der Waals surface area contributed by atoms with Gasteiger partial charge in [0, 0.05) is 35.3 Å². The predicted octanol–water partition coefficient (Wildman–Crippen LogP) is 3.81. The van der Waals surface area contributed by atoms with E-state index in [2.05, 4.69) is 10.6 Å². The average molecular weight is 408 g/mol. The van der Waals surface area contributed by atoms with Gasteiger partial charge in [-0.15, -0.1) is 0 Å². The van der Waals surface area contributed by atoms with Crippen LogP contribution in [-0.4, -0.2) is 36.5 Å². The lowest BCUT2D eigenvalue weighted by Crippen LogP contribution is -2.25. The van der Waals surface area contributed by atoms with E-state index in [0.29, 0.717) is 35.3 Å². The monoisotopic (exact) mass is 408 g/mol. The normalized spacial score (nSPS) is 10.3. The average Bonchev–Trinajstić information content (AvgIpc) is 2.75. The topological polar surface area (TPSA) is 92.3 Å². The molecular formula is C24H28N2O4. The van der Waals surface area contributed by atoms with Crippen LogP contribution in [0.25, 0.3) is 0 Å². The summed E-state index contributed by atoms with van der Waals surface area (Å²) in [4.78, 5) is 46.6. The van der Waals surface area contributed by atoms with Crippen LogP contribution in [0, 0.1) is 0 Å². The molecule has 0 spiro atoms. The first-order valence-corrected chi connectivity index (χ1v) is 10.2. The first-order valence-electron chi connectivity index (χ1n) is 10.2. The van der Waals surface area contributed by atoms with E-state index in [4.69, 9.17) is 0 Å². The summed E-state index contributed by atoms with van der Waals surface area (Å²) < 4.78 is 0. The highest BCUT2D eigenvalue weighted by atomic mass is 16.2. The Morgan fingerprint density at radius 3 is 1.13 bits per heavy atom. The van der Waals surface area contributed by atoms with Crippen LogP contribution in [0.4, 0.5) is 0 Å². The summed E-state index contributed by atoms with van der Waals surface area (Å²) >= 11 is 0. The van der Waals surface area contributed by atoms with E-state index >= 15 is 0 Å². The molecule has 2 aromatic rings. The highest BCUT2D eigenvalue weighted by Gasteiger charge is 2.07. The number of hydrogen-bond donors (Lipinski definition) is 2. The highest BCUT2D eigenvalue weighted by molar-refractivity contribution is 5.98. The highest BCUT2D eigenvalue weighted by Crippen LogP contribution is 2.07. The Bertz CT molecular complexity index is 811. The quantitative estimate of drug-likeness (QED) is 0.437. The first kappa shape index (κ1) is 23.0. The number of ketones is 2. The first-order chi connectivity index (χ1) is 14.4. The lowest BCUT2D eigenvalue weighted by Gasteiger charge is -2.07. The molecule has 0 bridgehead atoms. The van der Waals surface area contributed by atoms with Crippen molar-refractivity contribution < 1.29 is 19.2 Å². The summed E-state index contributed by atoms with van der Waals surface area (Å²) in [5.74, 6) is -0.339. The molecule has 0 saturated carbocycles. The van der Waals surface area contributed by atoms with Gasteiger partial charge in [0.1, 0.15) is 0 Å². The Balaban J connectivity index is 1.56. The predicted molar refractivity (Wildman–Crippen MR) is 116 cm³/mol. The Morgan fingerprint density at radius 1 is 0.533 bits per heavy atom. The van der Waals surface area contributed by atoms with E-state index in [9.17, 15) is 19.2 Å². The summed E-state index contributed by atoms with van der Waals surface area (Å²) in [6, 6.07) is 13.2. The van der Waals surface area contributed by atoms with Crippen molar-refractivity contribution in [3.05, 3.63) is 70.8 Å². The molecule has 2 amide bonds. The lowest BCUT2D eigenvalue weighted by molar-refractivity contribution is 0.0943. The number of Topliss-reactive ketones (excluding diaryl/α,β-unsaturated/α-hetero) is 2. The van der Waals surface area contributed by atoms with Crippen LogP contribution in [-0.2, 0) is 0 Å². The van der Waals surface area contributed by atoms with Crippen molar-refractivity contribution in [3.8, 4) is 0 Å². The van der Waals surface area contributed by atoms with Crippen molar-refractivity contribution >= 4 is 23.4 Å². The molecule has 0 aliphatic heterocycles. The second-order valence-corrected chi connectivity index (χ2v) is 7.19. The number of rotatable bonds is 11. The molecule has 0 aromatic heterocycles. The summed E-state index contributed by atoms with van der Waals surface area (Å²) in [5.41, 5.74) is 2.26. The van der Waals surface area contributed by atoms with Crippen LogP contribution in [0.1, 0.15) is 81.0 Å². The van der Waals surface area contributed by atoms with Crippen LogP contribution in [0.15, 0.2) is 48.5 Å². The second kappa shape index (κ2) is 11.7. The van der Waals surface area contributed by atoms with Gasteiger partial charge < -0.3 is 10.6 Å². The summed E-state index contributed by atoms with van der Waals surface area (Å²) in [6.07, 6.45) is 3.62. The van der Waals surface area contributed by atoms with Gasteiger partial charge in [0.25, 0.3) is 11.8 Å². The van der Waals surface area contributed by atoms with Gasteiger partial charge in [-0.2, -0.15) is 0 Å². The Kier molecular flexibility index (Phi) is 8.94. The van der Waals surface area contributed by atoms with E-state index in [-0.39, 0.29) is 23.4 Å². The second-order valence-electron chi connectivity index (χ2n) is 7.19. The van der Waals surface area contributed by atoms with Crippen LogP contribution in [0.3, 0.4) is 0 Å². The molecule has 0 fully saturated rings. The van der Waals surface area contributed by atoms with Gasteiger partial charge in [-0.3, -0.25) is 19.2 Å². The van der Waals surface area contributed by atoms with Crippen molar-refractivity contribution in [2.75, 3.05) is 13.1 Å². The fourth-order valence-electron chi connectivity index (χ4n) is 2.92. The van der Waals surface area contributed by atoms with E-state index in [1.165, 1.54) is 13.8 Å². The molecule has 0 atom stereocenters. The molecular weight excluding hydrogens is 380 g/mol. The number of amides is 2. The molecule has 0 heterocycles. The van der Waals surface area contributed by atoms with Gasteiger partial charge in [0.2, 0.25) is 0 Å². The third-order valence-corrected chi connectivity index (χ3v) is 4.78. The lowest BCUT2D eigenvalue weighted by atomic mass is 10.1. The fraction of sp³-hybridized carbons (Fsp3) is 0.333. The molecule has 0 unspecified atom stereocenters. The number of nitrogens with one attached hydrogen (secondary N) is 2. The summed E-state index contributed by atoms with van der Waals surface area (Å²) in [6.45, 7) is 4.16. The smallest absolute Gasteiger partial charge is 0.251 e. The van der Waals surface area contributed by atoms with Crippen LogP contribution >= 0.6 is 0 Å². The van der Waals surface area contributed by atoms with Crippen LogP contribution < -0.4 is 10.6 Å². The van der Waals surface area contributed by atoms with Gasteiger partial charge in [-0.1, -0.05) is 37.1 Å². The van der Waals surface area contributed by atoms with Crippen molar-refractivity contribution in [2.45, 2.75) is 39.5 Å². The van der Waals surface area contributed by atoms with E-state index < -0.39 is 0 Å². The SMILES string of the molecule is CC(=O)c1ccc(C(=O)NCCCCCCNC(=O)c2ccc(C(C)=O)cc2)cc1. The number of carbonyl (C=O) groups is 4. The number of carbonyl (C=O) groups excluding carboxylic acids is 4. The maximum Gasteiger partial charge on any atom is 0.251 e. The Hall–Kier alpha value is -3.28. The third-order valence-electron chi connectivity index (χ3n) is 4.78. The zero-order valence-electron chi connectivity index (χ0n) is 17.5. The van der Waals surface area contributed by atoms with Crippen molar-refractivity contribution in [3.63, 3.8) is 0 Å². The maximum atomic E-state index is 12.1. The minimum atomic E-state index is -0.145. The number of unbranched alkanes of at least 4 members (excludes halogenated alkanes) is 3. The van der Waals surface area contributed by atoms with Gasteiger partial charge in [-0.25, -0.2) is 0 Å². The Morgan fingerprint density at radius 2 is 0.833 bits per heavy atom. The standard InChI is InChI=1S/C24H28N2O4/c1-17(27)19-7-11-21(12-8-19)23(29)25-15-5-3-4-6-16-26-24(30)22-13-9-20(10-14-22)18(2)28/h7-14H,3-6,15-16H2,1-2H3,(H,25,29)(H,26,30). The number of hydrogen-bond acceptors (Lipinski definition) is 4. The maximum absolute atomic E-state index is 12.1. The minimum Gasteiger partial charge on any atom is -0.352 e. The van der Waals surface area contributed by atoms with E-state index in [1.54, 1.807) is 48.5 Å². The number of benzene rings is 2. The molecule has 158 valence electrons. The molecule has 2 aromatic carbocycles. The summed E-state index contributed by atoms with van der Waals surface area (Å²) in [7, 11) is 0. The zero-order valence-corrected chi connectivity index (χ0v) is 17.5. The van der Waals surface area contributed by atoms with Gasteiger partial charge in [0.15, 0.2) is 11.6 Å². The Labute approximate surface area is 177 Å². The molecule has 0 aliphatic rings. The minimum absolute atomic E-state index is 0.0240. The van der Waals surface area contributed by atoms with Gasteiger partial charge in [-0.05, 0) is 51.0 Å². The molecule has 6 heteroatoms. The largest absolute Gasteiger partial charge is 0.352 e. The third kappa shape index (κ3) is 7.28. The van der Waals surface area contributed by atoms with Gasteiger partial charge in [0.05, 0.1) is 0 Å². The van der Waals surface area contributed by atoms with Crippen molar-refractivity contribution in [1.82, 2.24) is 10.6 Å². The molecule has 2 rings (SSSR count). The molecule has 0 radical (unpaired) electrons. The fourth-order valence-corrected chi connectivity index (χ4v) is 2.92. The molecule has 6 nitrogen and oxygen atoms in total. The molecule has 2 N–H and O–H groups in total. The molecule has 30 heavy (non-hydrogen) atoms. The zero-order chi connectivity index (χ0) is 21.9. The van der Waals surface area contributed by atoms with Crippen molar-refractivity contribution in [2.24, 2.45) is 0 Å². The van der Waals surface area contributed by atoms with E-state index in [1.807, 2.05) is 0 Å². The molecule has 0 saturated heterocycles.